The summed E-state index contributed by atoms with van der Waals surface area (Å²) in [6.45, 7) is 2.66. The average molecular weight is 282 g/mol. The fourth-order valence-corrected chi connectivity index (χ4v) is 2.25. The number of benzene rings is 2. The van der Waals surface area contributed by atoms with Crippen LogP contribution in [0.1, 0.15) is 12.5 Å². The predicted molar refractivity (Wildman–Crippen MR) is 75.0 cm³/mol. The van der Waals surface area contributed by atoms with E-state index in [-0.39, 0.29) is 17.5 Å². The molecule has 0 heterocycles. The van der Waals surface area contributed by atoms with E-state index in [0.717, 1.165) is 11.4 Å². The smallest absolute Gasteiger partial charge is 0.123 e. The van der Waals surface area contributed by atoms with E-state index in [4.69, 9.17) is 11.6 Å². The standard InChI is InChI=1S/C15H14ClF2N/c1-2-19(14-6-3-12(17)4-7-14)15-8-5-13(18)9-11(15)10-16/h3-9H,2,10H2,1H3. The van der Waals surface area contributed by atoms with Crippen molar-refractivity contribution >= 4 is 23.0 Å². The molecule has 0 N–H and O–H groups in total. The number of nitrogens with zero attached hydrogens (tertiary/aromatic N) is 1. The zero-order valence-electron chi connectivity index (χ0n) is 10.5. The zero-order chi connectivity index (χ0) is 13.8. The van der Waals surface area contributed by atoms with Gasteiger partial charge in [-0.2, -0.15) is 0 Å². The first-order valence-corrected chi connectivity index (χ1v) is 6.56. The highest BCUT2D eigenvalue weighted by Gasteiger charge is 2.12. The van der Waals surface area contributed by atoms with Crippen molar-refractivity contribution in [3.8, 4) is 0 Å². The second-order valence-electron chi connectivity index (χ2n) is 4.13. The Morgan fingerprint density at radius 1 is 1.00 bits per heavy atom. The molecule has 0 spiro atoms. The van der Waals surface area contributed by atoms with E-state index in [0.29, 0.717) is 12.1 Å². The van der Waals surface area contributed by atoms with E-state index < -0.39 is 0 Å². The van der Waals surface area contributed by atoms with Gasteiger partial charge in [-0.3, -0.25) is 0 Å². The summed E-state index contributed by atoms with van der Waals surface area (Å²) in [5, 5.41) is 0. The van der Waals surface area contributed by atoms with E-state index in [1.54, 1.807) is 18.2 Å². The van der Waals surface area contributed by atoms with Crippen LogP contribution in [0.25, 0.3) is 0 Å². The maximum Gasteiger partial charge on any atom is 0.123 e. The molecule has 0 fully saturated rings. The minimum absolute atomic E-state index is 0.227. The third-order valence-corrected chi connectivity index (χ3v) is 3.22. The largest absolute Gasteiger partial charge is 0.342 e. The quantitative estimate of drug-likeness (QED) is 0.723. The molecule has 19 heavy (non-hydrogen) atoms. The van der Waals surface area contributed by atoms with Crippen molar-refractivity contribution in [3.63, 3.8) is 0 Å². The number of hydrogen-bond acceptors (Lipinski definition) is 1. The van der Waals surface area contributed by atoms with Crippen LogP contribution in [-0.4, -0.2) is 6.54 Å². The Hall–Kier alpha value is -1.61. The van der Waals surface area contributed by atoms with E-state index in [1.807, 2.05) is 11.8 Å². The molecule has 2 rings (SSSR count). The Bertz CT molecular complexity index is 555. The fraction of sp³-hybridized carbons (Fsp3) is 0.200. The van der Waals surface area contributed by atoms with Crippen LogP contribution >= 0.6 is 11.6 Å². The van der Waals surface area contributed by atoms with Gasteiger partial charge in [0, 0.05) is 23.8 Å². The highest BCUT2D eigenvalue weighted by molar-refractivity contribution is 6.17. The highest BCUT2D eigenvalue weighted by Crippen LogP contribution is 2.30. The molecular weight excluding hydrogens is 268 g/mol. The van der Waals surface area contributed by atoms with E-state index in [1.165, 1.54) is 24.3 Å². The van der Waals surface area contributed by atoms with Crippen LogP contribution in [0, 0.1) is 11.6 Å². The lowest BCUT2D eigenvalue weighted by Crippen LogP contribution is -2.17. The van der Waals surface area contributed by atoms with Crippen LogP contribution in [0.15, 0.2) is 42.5 Å². The summed E-state index contributed by atoms with van der Waals surface area (Å²) < 4.78 is 26.2. The molecule has 0 aliphatic heterocycles. The molecule has 0 unspecified atom stereocenters. The first-order chi connectivity index (χ1) is 9.15. The van der Waals surface area contributed by atoms with Crippen molar-refractivity contribution in [2.45, 2.75) is 12.8 Å². The van der Waals surface area contributed by atoms with E-state index in [9.17, 15) is 8.78 Å². The molecule has 1 nitrogen and oxygen atoms in total. The summed E-state index contributed by atoms with van der Waals surface area (Å²) in [5.41, 5.74) is 2.40. The van der Waals surface area contributed by atoms with E-state index >= 15 is 0 Å². The van der Waals surface area contributed by atoms with Gasteiger partial charge < -0.3 is 4.90 Å². The zero-order valence-corrected chi connectivity index (χ0v) is 11.3. The molecule has 4 heteroatoms. The lowest BCUT2D eigenvalue weighted by Gasteiger charge is -2.25. The lowest BCUT2D eigenvalue weighted by molar-refractivity contribution is 0.626. The van der Waals surface area contributed by atoms with Crippen molar-refractivity contribution in [1.82, 2.24) is 0 Å². The van der Waals surface area contributed by atoms with E-state index in [2.05, 4.69) is 0 Å². The van der Waals surface area contributed by atoms with Crippen LogP contribution in [0.5, 0.6) is 0 Å². The number of hydrogen-bond donors (Lipinski definition) is 0. The molecule has 0 atom stereocenters. The van der Waals surface area contributed by atoms with Gasteiger partial charge in [0.1, 0.15) is 11.6 Å². The van der Waals surface area contributed by atoms with Gasteiger partial charge in [-0.1, -0.05) is 0 Å². The van der Waals surface area contributed by atoms with Crippen LogP contribution in [0.2, 0.25) is 0 Å². The van der Waals surface area contributed by atoms with Crippen molar-refractivity contribution in [1.29, 1.82) is 0 Å². The fourth-order valence-electron chi connectivity index (χ4n) is 2.04. The Morgan fingerprint density at radius 3 is 2.21 bits per heavy atom. The Morgan fingerprint density at radius 2 is 1.63 bits per heavy atom. The van der Waals surface area contributed by atoms with Gasteiger partial charge in [-0.15, -0.1) is 11.6 Å². The number of anilines is 2. The van der Waals surface area contributed by atoms with Gasteiger partial charge in [-0.25, -0.2) is 8.78 Å². The van der Waals surface area contributed by atoms with Crippen molar-refractivity contribution in [2.75, 3.05) is 11.4 Å². The third kappa shape index (κ3) is 3.04. The molecule has 0 aliphatic carbocycles. The number of rotatable bonds is 4. The molecule has 100 valence electrons. The maximum atomic E-state index is 13.2. The van der Waals surface area contributed by atoms with Crippen LogP contribution in [0.4, 0.5) is 20.2 Å². The predicted octanol–water partition coefficient (Wildman–Crippen LogP) is 4.86. The summed E-state index contributed by atoms with van der Waals surface area (Å²) in [7, 11) is 0. The second kappa shape index (κ2) is 6.02. The summed E-state index contributed by atoms with van der Waals surface area (Å²) in [4.78, 5) is 1.97. The van der Waals surface area contributed by atoms with Crippen LogP contribution in [0.3, 0.4) is 0 Å². The monoisotopic (exact) mass is 281 g/mol. The Kier molecular flexibility index (Phi) is 4.38. The Balaban J connectivity index is 2.44. The molecule has 0 aromatic heterocycles. The average Bonchev–Trinajstić information content (AvgIpc) is 2.43. The Labute approximate surface area is 116 Å². The summed E-state index contributed by atoms with van der Waals surface area (Å²) in [6.07, 6.45) is 0. The molecule has 0 radical (unpaired) electrons. The maximum absolute atomic E-state index is 13.2. The van der Waals surface area contributed by atoms with Crippen molar-refractivity contribution in [2.24, 2.45) is 0 Å². The third-order valence-electron chi connectivity index (χ3n) is 2.93. The SMILES string of the molecule is CCN(c1ccc(F)cc1)c1ccc(F)cc1CCl. The molecule has 0 saturated carbocycles. The highest BCUT2D eigenvalue weighted by atomic mass is 35.5. The molecule has 2 aromatic rings. The first kappa shape index (κ1) is 13.8. The molecular formula is C15H14ClF2N. The van der Waals surface area contributed by atoms with Gasteiger partial charge in [-0.05, 0) is 55.0 Å². The summed E-state index contributed by atoms with van der Waals surface area (Å²) in [5.74, 6) is -0.365. The van der Waals surface area contributed by atoms with Crippen LogP contribution in [-0.2, 0) is 5.88 Å². The minimum Gasteiger partial charge on any atom is -0.342 e. The van der Waals surface area contributed by atoms with Gasteiger partial charge >= 0.3 is 0 Å². The van der Waals surface area contributed by atoms with Gasteiger partial charge in [0.05, 0.1) is 0 Å². The summed E-state index contributed by atoms with van der Waals surface area (Å²) in [6, 6.07) is 10.7. The molecule has 0 saturated heterocycles. The molecule has 0 amide bonds. The van der Waals surface area contributed by atoms with Crippen molar-refractivity contribution in [3.05, 3.63) is 59.7 Å². The van der Waals surface area contributed by atoms with Gasteiger partial charge in [0.15, 0.2) is 0 Å². The second-order valence-corrected chi connectivity index (χ2v) is 4.39. The lowest BCUT2D eigenvalue weighted by atomic mass is 10.1. The van der Waals surface area contributed by atoms with Crippen LogP contribution < -0.4 is 4.90 Å². The molecule has 0 aliphatic rings. The topological polar surface area (TPSA) is 3.24 Å². The van der Waals surface area contributed by atoms with Gasteiger partial charge in [0.25, 0.3) is 0 Å². The molecule has 2 aromatic carbocycles. The summed E-state index contributed by atoms with van der Waals surface area (Å²) >= 11 is 5.86. The molecule has 0 bridgehead atoms. The van der Waals surface area contributed by atoms with Gasteiger partial charge in [0.2, 0.25) is 0 Å². The normalized spacial score (nSPS) is 10.5. The minimum atomic E-state index is -0.311. The van der Waals surface area contributed by atoms with Crippen molar-refractivity contribution < 1.29 is 8.78 Å². The number of halogens is 3. The first-order valence-electron chi connectivity index (χ1n) is 6.03. The number of alkyl halides is 1.